The molecule has 0 aliphatic carbocycles. The van der Waals surface area contributed by atoms with Crippen molar-refractivity contribution in [1.29, 1.82) is 0 Å². The summed E-state index contributed by atoms with van der Waals surface area (Å²) in [5.41, 5.74) is 5.00. The van der Waals surface area contributed by atoms with E-state index in [0.29, 0.717) is 28.1 Å². The number of halogens is 1. The Hall–Kier alpha value is -2.99. The van der Waals surface area contributed by atoms with Crippen molar-refractivity contribution in [3.05, 3.63) is 56.5 Å². The number of carbonyl (C=O) groups is 1. The van der Waals surface area contributed by atoms with E-state index >= 15 is 0 Å². The molecule has 3 N–H and O–H groups in total. The van der Waals surface area contributed by atoms with Gasteiger partial charge in [0, 0.05) is 19.3 Å². The van der Waals surface area contributed by atoms with Gasteiger partial charge in [-0.15, -0.1) is 10.2 Å². The maximum atomic E-state index is 13.3. The normalized spacial score (nSPS) is 10.9. The molecule has 0 aliphatic heterocycles. The van der Waals surface area contributed by atoms with Crippen molar-refractivity contribution in [3.8, 4) is 0 Å². The van der Waals surface area contributed by atoms with Crippen LogP contribution in [0, 0.1) is 5.82 Å². The lowest BCUT2D eigenvalue weighted by molar-refractivity contribution is 0.102. The standard InChI is InChI=1S/C18H19FN6O3S2/c1-3-7-25-14(20)13(15(27)24(2)18(25)28)12(26)9-29-17-23-22-16(30-17)21-11-6-4-5-10(19)8-11/h4-6,8H,3,7,9,20H2,1-2H3,(H,21,22). The molecule has 0 unspecified atom stereocenters. The first-order valence-corrected chi connectivity index (χ1v) is 10.7. The number of benzene rings is 1. The largest absolute Gasteiger partial charge is 0.384 e. The number of Topliss-reactive ketones (excluding diaryl/α,β-unsaturated/α-hetero) is 1. The summed E-state index contributed by atoms with van der Waals surface area (Å²) in [6, 6.07) is 5.90. The molecule has 0 spiro atoms. The Morgan fingerprint density at radius 2 is 2.10 bits per heavy atom. The lowest BCUT2D eigenvalue weighted by Gasteiger charge is -2.13. The van der Waals surface area contributed by atoms with Crippen molar-refractivity contribution < 1.29 is 9.18 Å². The lowest BCUT2D eigenvalue weighted by Crippen LogP contribution is -2.42. The topological polar surface area (TPSA) is 125 Å². The van der Waals surface area contributed by atoms with Gasteiger partial charge in [-0.05, 0) is 24.6 Å². The smallest absolute Gasteiger partial charge is 0.332 e. The van der Waals surface area contributed by atoms with Crippen molar-refractivity contribution in [3.63, 3.8) is 0 Å². The van der Waals surface area contributed by atoms with Gasteiger partial charge in [0.1, 0.15) is 17.2 Å². The lowest BCUT2D eigenvalue weighted by atomic mass is 10.2. The van der Waals surface area contributed by atoms with Gasteiger partial charge in [-0.3, -0.25) is 18.7 Å². The summed E-state index contributed by atoms with van der Waals surface area (Å²) in [7, 11) is 1.31. The van der Waals surface area contributed by atoms with Crippen molar-refractivity contribution in [2.75, 3.05) is 16.8 Å². The van der Waals surface area contributed by atoms with Crippen LogP contribution in [0.2, 0.25) is 0 Å². The van der Waals surface area contributed by atoms with Crippen LogP contribution < -0.4 is 22.3 Å². The molecule has 30 heavy (non-hydrogen) atoms. The molecule has 0 saturated carbocycles. The van der Waals surface area contributed by atoms with Gasteiger partial charge in [0.25, 0.3) is 5.56 Å². The summed E-state index contributed by atoms with van der Waals surface area (Å²) in [6.45, 7) is 2.16. The van der Waals surface area contributed by atoms with E-state index in [0.717, 1.165) is 16.3 Å². The van der Waals surface area contributed by atoms with Crippen LogP contribution in [0.5, 0.6) is 0 Å². The number of hydrogen-bond donors (Lipinski definition) is 2. The molecule has 3 rings (SSSR count). The molecule has 0 radical (unpaired) electrons. The van der Waals surface area contributed by atoms with Crippen LogP contribution in [-0.4, -0.2) is 30.9 Å². The van der Waals surface area contributed by atoms with Crippen molar-refractivity contribution in [1.82, 2.24) is 19.3 Å². The van der Waals surface area contributed by atoms with Crippen LogP contribution in [-0.2, 0) is 13.6 Å². The second kappa shape index (κ2) is 9.22. The Labute approximate surface area is 178 Å². The van der Waals surface area contributed by atoms with Gasteiger partial charge in [0.15, 0.2) is 10.1 Å². The van der Waals surface area contributed by atoms with E-state index < -0.39 is 17.0 Å². The number of nitrogens with two attached hydrogens (primary N) is 1. The quantitative estimate of drug-likeness (QED) is 0.395. The van der Waals surface area contributed by atoms with Crippen molar-refractivity contribution in [2.45, 2.75) is 24.2 Å². The van der Waals surface area contributed by atoms with E-state index in [9.17, 15) is 18.8 Å². The van der Waals surface area contributed by atoms with E-state index in [1.807, 2.05) is 6.92 Å². The van der Waals surface area contributed by atoms with E-state index in [1.54, 1.807) is 12.1 Å². The van der Waals surface area contributed by atoms with Gasteiger partial charge in [0.2, 0.25) is 5.13 Å². The molecular formula is C18H19FN6O3S2. The summed E-state index contributed by atoms with van der Waals surface area (Å²) in [5.74, 6) is -1.11. The zero-order valence-electron chi connectivity index (χ0n) is 16.2. The Morgan fingerprint density at radius 3 is 2.80 bits per heavy atom. The minimum Gasteiger partial charge on any atom is -0.384 e. The second-order valence-corrected chi connectivity index (χ2v) is 8.48. The van der Waals surface area contributed by atoms with E-state index in [-0.39, 0.29) is 23.0 Å². The van der Waals surface area contributed by atoms with E-state index in [4.69, 9.17) is 5.73 Å². The number of ketones is 1. The second-order valence-electron chi connectivity index (χ2n) is 6.28. The highest BCUT2D eigenvalue weighted by atomic mass is 32.2. The summed E-state index contributed by atoms with van der Waals surface area (Å²) < 4.78 is 15.9. The Bertz CT molecular complexity index is 1200. The van der Waals surface area contributed by atoms with Crippen LogP contribution in [0.15, 0.2) is 38.2 Å². The zero-order chi connectivity index (χ0) is 21.8. The first kappa shape index (κ1) is 21.7. The predicted molar refractivity (Wildman–Crippen MR) is 115 cm³/mol. The molecule has 0 saturated heterocycles. The minimum atomic E-state index is -0.721. The molecule has 9 nitrogen and oxygen atoms in total. The molecule has 1 aromatic carbocycles. The summed E-state index contributed by atoms with van der Waals surface area (Å²) in [4.78, 5) is 37.3. The highest BCUT2D eigenvalue weighted by Gasteiger charge is 2.22. The fraction of sp³-hybridized carbons (Fsp3) is 0.278. The number of nitrogens with one attached hydrogen (secondary N) is 1. The monoisotopic (exact) mass is 450 g/mol. The number of carbonyl (C=O) groups excluding carboxylic acids is 1. The third kappa shape index (κ3) is 4.60. The molecule has 158 valence electrons. The Kier molecular flexibility index (Phi) is 6.67. The van der Waals surface area contributed by atoms with E-state index in [2.05, 4.69) is 15.5 Å². The first-order valence-electron chi connectivity index (χ1n) is 8.93. The number of anilines is 3. The van der Waals surface area contributed by atoms with Crippen molar-refractivity contribution >= 4 is 45.5 Å². The molecule has 0 fully saturated rings. The van der Waals surface area contributed by atoms with Gasteiger partial charge < -0.3 is 11.1 Å². The van der Waals surface area contributed by atoms with Crippen LogP contribution in [0.3, 0.4) is 0 Å². The van der Waals surface area contributed by atoms with Gasteiger partial charge in [-0.25, -0.2) is 9.18 Å². The Morgan fingerprint density at radius 1 is 1.33 bits per heavy atom. The van der Waals surface area contributed by atoms with E-state index in [1.165, 1.54) is 35.1 Å². The number of aromatic nitrogens is 4. The number of rotatable bonds is 8. The van der Waals surface area contributed by atoms with Crippen LogP contribution >= 0.6 is 23.1 Å². The first-order chi connectivity index (χ1) is 14.3. The third-order valence-corrected chi connectivity index (χ3v) is 6.09. The van der Waals surface area contributed by atoms with Crippen LogP contribution in [0.25, 0.3) is 0 Å². The maximum Gasteiger partial charge on any atom is 0.332 e. The summed E-state index contributed by atoms with van der Waals surface area (Å²) in [6.07, 6.45) is 0.622. The molecule has 0 atom stereocenters. The molecule has 12 heteroatoms. The fourth-order valence-corrected chi connectivity index (χ4v) is 4.34. The fourth-order valence-electron chi connectivity index (χ4n) is 2.69. The molecule has 0 bridgehead atoms. The number of nitrogens with zero attached hydrogens (tertiary/aromatic N) is 4. The maximum absolute atomic E-state index is 13.3. The molecular weight excluding hydrogens is 431 g/mol. The highest BCUT2D eigenvalue weighted by molar-refractivity contribution is 8.01. The molecule has 3 aromatic rings. The average Bonchev–Trinajstić information content (AvgIpc) is 3.15. The molecule has 0 amide bonds. The molecule has 0 aliphatic rings. The number of nitrogen functional groups attached to an aromatic ring is 1. The summed E-state index contributed by atoms with van der Waals surface area (Å²) in [5, 5.41) is 11.3. The highest BCUT2D eigenvalue weighted by Crippen LogP contribution is 2.28. The zero-order valence-corrected chi connectivity index (χ0v) is 17.8. The van der Waals surface area contributed by atoms with Crippen molar-refractivity contribution in [2.24, 2.45) is 7.05 Å². The van der Waals surface area contributed by atoms with Gasteiger partial charge in [-0.2, -0.15) is 0 Å². The Balaban J connectivity index is 1.74. The SMILES string of the molecule is CCCn1c(N)c(C(=O)CSc2nnc(Nc3cccc(F)c3)s2)c(=O)n(C)c1=O. The van der Waals surface area contributed by atoms with Gasteiger partial charge in [0.05, 0.1) is 5.75 Å². The predicted octanol–water partition coefficient (Wildman–Crippen LogP) is 2.25. The molecule has 2 aromatic heterocycles. The average molecular weight is 451 g/mol. The van der Waals surface area contributed by atoms with Gasteiger partial charge in [-0.1, -0.05) is 36.1 Å². The third-order valence-electron chi connectivity index (χ3n) is 4.12. The van der Waals surface area contributed by atoms with Crippen LogP contribution in [0.1, 0.15) is 23.7 Å². The summed E-state index contributed by atoms with van der Waals surface area (Å²) >= 11 is 2.28. The number of thioether (sulfide) groups is 1. The minimum absolute atomic E-state index is 0.0988. The van der Waals surface area contributed by atoms with Crippen LogP contribution in [0.4, 0.5) is 21.0 Å². The van der Waals surface area contributed by atoms with Gasteiger partial charge >= 0.3 is 5.69 Å². The number of hydrogen-bond acceptors (Lipinski definition) is 9. The molecule has 2 heterocycles.